The summed E-state index contributed by atoms with van der Waals surface area (Å²) in [5, 5.41) is 14.3. The van der Waals surface area contributed by atoms with Crippen molar-refractivity contribution in [3.63, 3.8) is 0 Å². The largest absolute Gasteiger partial charge is 0.438 e. The SMILES string of the molecule is N#CCCc1cccc(-c2cc3c(-c4cn(C5CS(=O)(=O)C5)nc4-c4ccc(F)cc4)ncnc3o2)c1. The number of benzene rings is 2. The predicted octanol–water partition coefficient (Wildman–Crippen LogP) is 4.99. The smallest absolute Gasteiger partial charge is 0.230 e. The normalized spacial score (nSPS) is 14.9. The molecule has 0 unspecified atom stereocenters. The van der Waals surface area contributed by atoms with E-state index in [2.05, 4.69) is 16.0 Å². The van der Waals surface area contributed by atoms with Crippen LogP contribution in [-0.4, -0.2) is 39.7 Å². The molecular formula is C27H20FN5O3S. The van der Waals surface area contributed by atoms with Gasteiger partial charge in [-0.05, 0) is 48.4 Å². The number of rotatable bonds is 6. The summed E-state index contributed by atoms with van der Waals surface area (Å²) in [5.74, 6) is 0.287. The van der Waals surface area contributed by atoms with E-state index in [0.29, 0.717) is 52.2 Å². The minimum Gasteiger partial charge on any atom is -0.438 e. The molecule has 0 spiro atoms. The molecule has 3 aromatic heterocycles. The Balaban J connectivity index is 1.47. The van der Waals surface area contributed by atoms with Crippen LogP contribution in [0, 0.1) is 17.1 Å². The van der Waals surface area contributed by atoms with Crippen LogP contribution >= 0.6 is 0 Å². The van der Waals surface area contributed by atoms with E-state index in [-0.39, 0.29) is 23.4 Å². The molecule has 0 bridgehead atoms. The first kappa shape index (κ1) is 23.1. The third-order valence-electron chi connectivity index (χ3n) is 6.44. The van der Waals surface area contributed by atoms with Crippen molar-refractivity contribution in [3.8, 4) is 39.9 Å². The standard InChI is InChI=1S/C27H20FN5O3S/c28-20-8-6-18(7-9-20)25-23(13-33(32-25)21-14-37(34,35)15-21)26-22-12-24(36-27(22)31-16-30-26)19-5-1-3-17(11-19)4-2-10-29/h1,3,5-9,11-13,16,21H,2,4,14-15H2. The average molecular weight is 514 g/mol. The Labute approximate surface area is 211 Å². The summed E-state index contributed by atoms with van der Waals surface area (Å²) < 4.78 is 45.0. The van der Waals surface area contributed by atoms with Crippen LogP contribution in [0.1, 0.15) is 18.0 Å². The molecule has 1 aliphatic rings. The minimum absolute atomic E-state index is 0.0220. The van der Waals surface area contributed by atoms with Crippen LogP contribution in [0.4, 0.5) is 4.39 Å². The average Bonchev–Trinajstić information content (AvgIpc) is 3.51. The van der Waals surface area contributed by atoms with E-state index in [1.54, 1.807) is 23.0 Å². The summed E-state index contributed by atoms with van der Waals surface area (Å²) in [6, 6.07) is 17.6. The van der Waals surface area contributed by atoms with Gasteiger partial charge in [-0.15, -0.1) is 0 Å². The summed E-state index contributed by atoms with van der Waals surface area (Å²) in [6.45, 7) is 0. The second-order valence-corrected chi connectivity index (χ2v) is 11.2. The molecule has 0 atom stereocenters. The Morgan fingerprint density at radius 2 is 1.86 bits per heavy atom. The zero-order valence-corrected chi connectivity index (χ0v) is 20.3. The predicted molar refractivity (Wildman–Crippen MR) is 135 cm³/mol. The topological polar surface area (TPSA) is 115 Å². The van der Waals surface area contributed by atoms with Crippen LogP contribution in [0.15, 0.2) is 71.5 Å². The molecule has 1 saturated heterocycles. The van der Waals surface area contributed by atoms with Crippen molar-refractivity contribution in [1.29, 1.82) is 5.26 Å². The van der Waals surface area contributed by atoms with Crippen molar-refractivity contribution in [2.45, 2.75) is 18.9 Å². The Morgan fingerprint density at radius 3 is 2.62 bits per heavy atom. The van der Waals surface area contributed by atoms with Gasteiger partial charge in [0.1, 0.15) is 23.6 Å². The van der Waals surface area contributed by atoms with Gasteiger partial charge in [0.15, 0.2) is 9.84 Å². The number of fused-ring (bicyclic) bond motifs is 1. The van der Waals surface area contributed by atoms with Crippen molar-refractivity contribution >= 4 is 20.9 Å². The van der Waals surface area contributed by atoms with Crippen LogP contribution in [0.3, 0.4) is 0 Å². The third kappa shape index (κ3) is 4.38. The second kappa shape index (κ2) is 8.94. The highest BCUT2D eigenvalue weighted by atomic mass is 32.2. The van der Waals surface area contributed by atoms with Crippen LogP contribution in [0.2, 0.25) is 0 Å². The second-order valence-electron chi connectivity index (χ2n) is 9.02. The number of nitriles is 1. The molecule has 184 valence electrons. The van der Waals surface area contributed by atoms with Crippen LogP contribution < -0.4 is 0 Å². The molecule has 8 nitrogen and oxygen atoms in total. The number of hydrogen-bond acceptors (Lipinski definition) is 7. The summed E-state index contributed by atoms with van der Waals surface area (Å²) >= 11 is 0. The van der Waals surface area contributed by atoms with Gasteiger partial charge in [-0.25, -0.2) is 22.8 Å². The van der Waals surface area contributed by atoms with E-state index in [1.165, 1.54) is 18.5 Å². The number of nitrogens with zero attached hydrogens (tertiary/aromatic N) is 5. The molecule has 0 saturated carbocycles. The molecule has 1 aliphatic heterocycles. The van der Waals surface area contributed by atoms with E-state index < -0.39 is 9.84 Å². The third-order valence-corrected chi connectivity index (χ3v) is 8.22. The molecule has 0 radical (unpaired) electrons. The number of aromatic nitrogens is 4. The maximum Gasteiger partial charge on any atom is 0.230 e. The molecular weight excluding hydrogens is 493 g/mol. The van der Waals surface area contributed by atoms with Gasteiger partial charge in [-0.1, -0.05) is 18.2 Å². The van der Waals surface area contributed by atoms with Gasteiger partial charge < -0.3 is 4.42 Å². The fourth-order valence-electron chi connectivity index (χ4n) is 4.56. The Hall–Kier alpha value is -4.36. The summed E-state index contributed by atoms with van der Waals surface area (Å²) in [4.78, 5) is 8.85. The fourth-order valence-corrected chi connectivity index (χ4v) is 5.94. The first-order valence-electron chi connectivity index (χ1n) is 11.7. The van der Waals surface area contributed by atoms with Crippen molar-refractivity contribution in [1.82, 2.24) is 19.7 Å². The quantitative estimate of drug-likeness (QED) is 0.314. The highest BCUT2D eigenvalue weighted by molar-refractivity contribution is 7.92. The number of furan rings is 1. The molecule has 1 fully saturated rings. The van der Waals surface area contributed by atoms with Crippen molar-refractivity contribution < 1.29 is 17.2 Å². The van der Waals surface area contributed by atoms with Crippen LogP contribution in [0.5, 0.6) is 0 Å². The lowest BCUT2D eigenvalue weighted by atomic mass is 10.0. The van der Waals surface area contributed by atoms with Gasteiger partial charge in [0, 0.05) is 29.3 Å². The van der Waals surface area contributed by atoms with E-state index in [0.717, 1.165) is 11.1 Å². The zero-order chi connectivity index (χ0) is 25.6. The summed E-state index contributed by atoms with van der Waals surface area (Å²) in [7, 11) is -3.06. The highest BCUT2D eigenvalue weighted by Crippen LogP contribution is 2.38. The van der Waals surface area contributed by atoms with Crippen molar-refractivity contribution in [2.75, 3.05) is 11.5 Å². The van der Waals surface area contributed by atoms with Gasteiger partial charge in [0.05, 0.1) is 34.7 Å². The lowest BCUT2D eigenvalue weighted by molar-refractivity contribution is 0.474. The lowest BCUT2D eigenvalue weighted by Crippen LogP contribution is -2.38. The van der Waals surface area contributed by atoms with Gasteiger partial charge in [0.2, 0.25) is 5.71 Å². The Morgan fingerprint density at radius 1 is 1.05 bits per heavy atom. The summed E-state index contributed by atoms with van der Waals surface area (Å²) in [6.07, 6.45) is 4.27. The molecule has 0 aliphatic carbocycles. The molecule has 10 heteroatoms. The zero-order valence-electron chi connectivity index (χ0n) is 19.5. The first-order chi connectivity index (χ1) is 17.9. The minimum atomic E-state index is -3.06. The number of halogens is 1. The molecule has 4 heterocycles. The highest BCUT2D eigenvalue weighted by Gasteiger charge is 2.36. The number of sulfone groups is 1. The van der Waals surface area contributed by atoms with Gasteiger partial charge >= 0.3 is 0 Å². The monoisotopic (exact) mass is 513 g/mol. The van der Waals surface area contributed by atoms with E-state index in [9.17, 15) is 12.8 Å². The first-order valence-corrected chi connectivity index (χ1v) is 13.5. The molecule has 6 rings (SSSR count). The van der Waals surface area contributed by atoms with E-state index >= 15 is 0 Å². The van der Waals surface area contributed by atoms with Crippen molar-refractivity contribution in [3.05, 3.63) is 78.5 Å². The molecule has 37 heavy (non-hydrogen) atoms. The molecule has 0 amide bonds. The fraction of sp³-hybridized carbons (Fsp3) is 0.185. The molecule has 2 aromatic carbocycles. The Kier molecular flexibility index (Phi) is 5.57. The van der Waals surface area contributed by atoms with Crippen LogP contribution in [0.25, 0.3) is 44.9 Å². The molecule has 5 aromatic rings. The lowest BCUT2D eigenvalue weighted by Gasteiger charge is -2.25. The number of aryl methyl sites for hydroxylation is 1. The van der Waals surface area contributed by atoms with E-state index in [1.807, 2.05) is 30.3 Å². The van der Waals surface area contributed by atoms with Crippen LogP contribution in [-0.2, 0) is 16.3 Å². The Bertz CT molecular complexity index is 1770. The maximum atomic E-state index is 13.6. The molecule has 0 N–H and O–H groups in total. The van der Waals surface area contributed by atoms with Gasteiger partial charge in [-0.2, -0.15) is 10.4 Å². The maximum absolute atomic E-state index is 13.6. The number of hydrogen-bond donors (Lipinski definition) is 0. The summed E-state index contributed by atoms with van der Waals surface area (Å²) in [5.41, 5.74) is 4.76. The van der Waals surface area contributed by atoms with Gasteiger partial charge in [-0.3, -0.25) is 4.68 Å². The van der Waals surface area contributed by atoms with Crippen molar-refractivity contribution in [2.24, 2.45) is 0 Å². The van der Waals surface area contributed by atoms with Gasteiger partial charge in [0.25, 0.3) is 0 Å². The van der Waals surface area contributed by atoms with E-state index in [4.69, 9.17) is 14.8 Å².